The first kappa shape index (κ1) is 21.2. The SMILES string of the molecule is O=C(O)CCCC(=O)c1c2ccccc2c(C(=O)CCCC(=O)O)c2ccccc12. The summed E-state index contributed by atoms with van der Waals surface area (Å²) in [5.74, 6) is -2.21. The topological polar surface area (TPSA) is 109 Å². The van der Waals surface area contributed by atoms with E-state index < -0.39 is 11.9 Å². The molecule has 0 fully saturated rings. The molecule has 6 nitrogen and oxygen atoms in total. The second-order valence-corrected chi connectivity index (χ2v) is 7.18. The van der Waals surface area contributed by atoms with Crippen molar-refractivity contribution in [1.82, 2.24) is 0 Å². The highest BCUT2D eigenvalue weighted by Gasteiger charge is 2.21. The van der Waals surface area contributed by atoms with Crippen LogP contribution < -0.4 is 0 Å². The van der Waals surface area contributed by atoms with Gasteiger partial charge in [-0.05, 0) is 34.4 Å². The third-order valence-corrected chi connectivity index (χ3v) is 5.08. The van der Waals surface area contributed by atoms with Crippen molar-refractivity contribution >= 4 is 45.0 Å². The smallest absolute Gasteiger partial charge is 0.303 e. The van der Waals surface area contributed by atoms with Crippen LogP contribution in [-0.2, 0) is 9.59 Å². The maximum Gasteiger partial charge on any atom is 0.303 e. The molecular formula is C24H22O6. The molecule has 0 radical (unpaired) electrons. The van der Waals surface area contributed by atoms with Crippen LogP contribution in [0.1, 0.15) is 59.2 Å². The lowest BCUT2D eigenvalue weighted by molar-refractivity contribution is -0.138. The molecule has 0 unspecified atom stereocenters. The number of hydrogen-bond acceptors (Lipinski definition) is 4. The summed E-state index contributed by atoms with van der Waals surface area (Å²) in [4.78, 5) is 47.7. The van der Waals surface area contributed by atoms with Crippen LogP contribution in [0.25, 0.3) is 21.5 Å². The average molecular weight is 406 g/mol. The van der Waals surface area contributed by atoms with Gasteiger partial charge in [0, 0.05) is 36.8 Å². The number of carbonyl (C=O) groups is 4. The number of carboxylic acids is 2. The zero-order valence-corrected chi connectivity index (χ0v) is 16.4. The van der Waals surface area contributed by atoms with E-state index in [1.165, 1.54) is 0 Å². The fraction of sp³-hybridized carbons (Fsp3) is 0.250. The third-order valence-electron chi connectivity index (χ3n) is 5.08. The minimum absolute atomic E-state index is 0.0816. The fourth-order valence-corrected chi connectivity index (χ4v) is 3.78. The van der Waals surface area contributed by atoms with Crippen LogP contribution in [0.2, 0.25) is 0 Å². The zero-order chi connectivity index (χ0) is 21.7. The number of carbonyl (C=O) groups excluding carboxylic acids is 2. The first-order valence-corrected chi connectivity index (χ1v) is 9.83. The van der Waals surface area contributed by atoms with Crippen molar-refractivity contribution in [3.63, 3.8) is 0 Å². The molecule has 3 aromatic rings. The zero-order valence-electron chi connectivity index (χ0n) is 16.4. The van der Waals surface area contributed by atoms with Gasteiger partial charge in [0.25, 0.3) is 0 Å². The van der Waals surface area contributed by atoms with Crippen molar-refractivity contribution in [2.75, 3.05) is 0 Å². The Bertz CT molecular complexity index is 998. The minimum Gasteiger partial charge on any atom is -0.481 e. The number of ketones is 2. The Labute approximate surface area is 173 Å². The van der Waals surface area contributed by atoms with Gasteiger partial charge in [0.05, 0.1) is 0 Å². The van der Waals surface area contributed by atoms with Gasteiger partial charge in [0.15, 0.2) is 11.6 Å². The first-order valence-electron chi connectivity index (χ1n) is 9.83. The highest BCUT2D eigenvalue weighted by atomic mass is 16.4. The van der Waals surface area contributed by atoms with Crippen LogP contribution in [0.4, 0.5) is 0 Å². The summed E-state index contributed by atoms with van der Waals surface area (Å²) in [5.41, 5.74) is 0.988. The molecule has 30 heavy (non-hydrogen) atoms. The molecule has 0 saturated heterocycles. The largest absolute Gasteiger partial charge is 0.481 e. The third kappa shape index (κ3) is 4.54. The first-order chi connectivity index (χ1) is 14.4. The van der Waals surface area contributed by atoms with Gasteiger partial charge in [-0.2, -0.15) is 0 Å². The van der Waals surface area contributed by atoms with Crippen LogP contribution >= 0.6 is 0 Å². The molecule has 0 atom stereocenters. The van der Waals surface area contributed by atoms with Gasteiger partial charge in [-0.3, -0.25) is 19.2 Å². The second kappa shape index (κ2) is 9.31. The molecule has 0 spiro atoms. The van der Waals surface area contributed by atoms with Crippen molar-refractivity contribution < 1.29 is 29.4 Å². The lowest BCUT2D eigenvalue weighted by atomic mass is 9.86. The van der Waals surface area contributed by atoms with Crippen molar-refractivity contribution in [2.45, 2.75) is 38.5 Å². The van der Waals surface area contributed by atoms with Crippen LogP contribution in [0.5, 0.6) is 0 Å². The van der Waals surface area contributed by atoms with E-state index in [0.717, 1.165) is 0 Å². The molecular weight excluding hydrogens is 384 g/mol. The highest BCUT2D eigenvalue weighted by molar-refractivity contribution is 6.26. The quantitative estimate of drug-likeness (QED) is 0.367. The molecule has 6 heteroatoms. The Morgan fingerprint density at radius 3 is 1.10 bits per heavy atom. The van der Waals surface area contributed by atoms with Gasteiger partial charge >= 0.3 is 11.9 Å². The molecule has 3 rings (SSSR count). The molecule has 2 N–H and O–H groups in total. The number of Topliss-reactive ketones (excluding diaryl/α,β-unsaturated/α-hetero) is 2. The number of rotatable bonds is 10. The number of fused-ring (bicyclic) bond motifs is 2. The van der Waals surface area contributed by atoms with Gasteiger partial charge in [0.1, 0.15) is 0 Å². The molecule has 0 aliphatic rings. The monoisotopic (exact) mass is 406 g/mol. The maximum absolute atomic E-state index is 13.0. The molecule has 0 amide bonds. The van der Waals surface area contributed by atoms with Crippen LogP contribution in [0.3, 0.4) is 0 Å². The standard InChI is InChI=1S/C24H22O6/c25-19(11-5-13-21(27)28)23-15-7-1-2-8-16(15)24(18-10-4-3-9-17(18)23)20(26)12-6-14-22(29)30/h1-4,7-10H,5-6,11-14H2,(H,27,28)(H,29,30). The predicted molar refractivity (Wildman–Crippen MR) is 113 cm³/mol. The second-order valence-electron chi connectivity index (χ2n) is 7.18. The van der Waals surface area contributed by atoms with Gasteiger partial charge in [0.2, 0.25) is 0 Å². The lowest BCUT2D eigenvalue weighted by Gasteiger charge is -2.15. The highest BCUT2D eigenvalue weighted by Crippen LogP contribution is 2.35. The number of hydrogen-bond donors (Lipinski definition) is 2. The number of aliphatic carboxylic acids is 2. The summed E-state index contributed by atoms with van der Waals surface area (Å²) in [6.07, 6.45) is 0.529. The van der Waals surface area contributed by atoms with Crippen molar-refractivity contribution in [3.05, 3.63) is 59.7 Å². The molecule has 3 aromatic carbocycles. The minimum atomic E-state index is -0.945. The van der Waals surface area contributed by atoms with Gasteiger partial charge in [-0.1, -0.05) is 48.5 Å². The molecule has 0 aromatic heterocycles. The van der Waals surface area contributed by atoms with E-state index in [1.54, 1.807) is 48.5 Å². The summed E-state index contributed by atoms with van der Waals surface area (Å²) in [6, 6.07) is 14.3. The predicted octanol–water partition coefficient (Wildman–Crippen LogP) is 4.87. The van der Waals surface area contributed by atoms with E-state index in [1.807, 2.05) is 0 Å². The lowest BCUT2D eigenvalue weighted by Crippen LogP contribution is -2.08. The van der Waals surface area contributed by atoms with Crippen LogP contribution in [0, 0.1) is 0 Å². The average Bonchev–Trinajstić information content (AvgIpc) is 2.71. The van der Waals surface area contributed by atoms with Gasteiger partial charge < -0.3 is 10.2 Å². The van der Waals surface area contributed by atoms with Gasteiger partial charge in [-0.15, -0.1) is 0 Å². The fourth-order valence-electron chi connectivity index (χ4n) is 3.78. The van der Waals surface area contributed by atoms with E-state index in [2.05, 4.69) is 0 Å². The van der Waals surface area contributed by atoms with E-state index in [9.17, 15) is 19.2 Å². The summed E-state index contributed by atoms with van der Waals surface area (Å²) in [5, 5.41) is 20.3. The summed E-state index contributed by atoms with van der Waals surface area (Å²) in [7, 11) is 0. The molecule has 0 saturated carbocycles. The molecule has 0 aliphatic carbocycles. The molecule has 0 bridgehead atoms. The summed E-state index contributed by atoms with van der Waals surface area (Å²) < 4.78 is 0. The van der Waals surface area contributed by atoms with E-state index in [0.29, 0.717) is 32.7 Å². The normalized spacial score (nSPS) is 10.9. The Hall–Kier alpha value is -3.54. The Balaban J connectivity index is 2.13. The Morgan fingerprint density at radius 1 is 0.533 bits per heavy atom. The Kier molecular flexibility index (Phi) is 6.57. The summed E-state index contributed by atoms with van der Waals surface area (Å²) in [6.45, 7) is 0. The van der Waals surface area contributed by atoms with Gasteiger partial charge in [-0.25, -0.2) is 0 Å². The number of carboxylic acid groups (broad SMARTS) is 2. The molecule has 0 aliphatic heterocycles. The van der Waals surface area contributed by atoms with Crippen LogP contribution in [0.15, 0.2) is 48.5 Å². The van der Waals surface area contributed by atoms with E-state index >= 15 is 0 Å². The summed E-state index contributed by atoms with van der Waals surface area (Å²) >= 11 is 0. The van der Waals surface area contributed by atoms with Crippen molar-refractivity contribution in [2.24, 2.45) is 0 Å². The Morgan fingerprint density at radius 2 is 0.833 bits per heavy atom. The molecule has 0 heterocycles. The number of benzene rings is 3. The van der Waals surface area contributed by atoms with Crippen LogP contribution in [-0.4, -0.2) is 33.7 Å². The molecule has 154 valence electrons. The van der Waals surface area contributed by atoms with Crippen molar-refractivity contribution in [3.8, 4) is 0 Å². The van der Waals surface area contributed by atoms with E-state index in [4.69, 9.17) is 10.2 Å². The van der Waals surface area contributed by atoms with Crippen molar-refractivity contribution in [1.29, 1.82) is 0 Å². The maximum atomic E-state index is 13.0. The van der Waals surface area contributed by atoms with E-state index in [-0.39, 0.29) is 50.1 Å².